The molecule has 0 aliphatic heterocycles. The minimum Gasteiger partial charge on any atom is -0.375 e. The minimum absolute atomic E-state index is 0.287. The van der Waals surface area contributed by atoms with E-state index in [1.54, 1.807) is 25.2 Å². The lowest BCUT2D eigenvalue weighted by Crippen LogP contribution is -2.19. The molecule has 3 rings (SSSR count). The zero-order chi connectivity index (χ0) is 25.8. The number of azo groups is 1. The highest BCUT2D eigenvalue weighted by Crippen LogP contribution is 2.36. The Bertz CT molecular complexity index is 1480. The molecule has 0 bridgehead atoms. The van der Waals surface area contributed by atoms with Crippen molar-refractivity contribution in [3.63, 3.8) is 0 Å². The molecule has 1 aromatic heterocycles. The van der Waals surface area contributed by atoms with Gasteiger partial charge in [-0.15, -0.1) is 10.2 Å². The molecule has 3 aromatic rings. The normalized spacial score (nSPS) is 12.3. The van der Waals surface area contributed by atoms with Crippen molar-refractivity contribution < 1.29 is 30.7 Å². The number of rotatable bonds is 10. The van der Waals surface area contributed by atoms with E-state index in [1.165, 1.54) is 25.1 Å². The van der Waals surface area contributed by atoms with Gasteiger partial charge in [0.15, 0.2) is 5.00 Å². The summed E-state index contributed by atoms with van der Waals surface area (Å²) >= 11 is 0.999. The van der Waals surface area contributed by atoms with Gasteiger partial charge in [0, 0.05) is 31.6 Å². The van der Waals surface area contributed by atoms with Crippen molar-refractivity contribution in [1.29, 1.82) is 0 Å². The third-order valence-electron chi connectivity index (χ3n) is 4.85. The summed E-state index contributed by atoms with van der Waals surface area (Å²) in [5.74, 6) is -0.634. The van der Waals surface area contributed by atoms with Crippen LogP contribution in [-0.2, 0) is 25.0 Å². The van der Waals surface area contributed by atoms with Gasteiger partial charge in [0.2, 0.25) is 5.91 Å². The second-order valence-electron chi connectivity index (χ2n) is 7.64. The molecular weight excluding hydrogens is 518 g/mol. The predicted molar refractivity (Wildman–Crippen MR) is 133 cm³/mol. The van der Waals surface area contributed by atoms with Gasteiger partial charge >= 0.3 is 0 Å². The second-order valence-corrected chi connectivity index (χ2v) is 11.4. The summed E-state index contributed by atoms with van der Waals surface area (Å²) in [6.45, 7) is 1.86. The number of hydrogen-bond acceptors (Lipinski definition) is 10. The quantitative estimate of drug-likeness (QED) is 0.194. The number of nitrogens with zero attached hydrogens (tertiary/aromatic N) is 4. The lowest BCUT2D eigenvalue weighted by molar-refractivity contribution is -0.114. The number of anilines is 2. The van der Waals surface area contributed by atoms with Gasteiger partial charge in [-0.05, 0) is 60.8 Å². The molecule has 0 saturated heterocycles. The van der Waals surface area contributed by atoms with E-state index >= 15 is 0 Å². The van der Waals surface area contributed by atoms with Gasteiger partial charge in [0.25, 0.3) is 20.2 Å². The topological polar surface area (TPSA) is 179 Å². The van der Waals surface area contributed by atoms with E-state index in [9.17, 15) is 26.2 Å². The Labute approximate surface area is 206 Å². The van der Waals surface area contributed by atoms with Crippen LogP contribution in [0.15, 0.2) is 51.5 Å². The number of fused-ring (bicyclic) bond motifs is 1. The number of carbonyl (C=O) groups is 1. The third kappa shape index (κ3) is 7.50. The van der Waals surface area contributed by atoms with Gasteiger partial charge in [-0.2, -0.15) is 21.2 Å². The molecule has 12 nitrogen and oxygen atoms in total. The number of hydrogen-bond donors (Lipinski definition) is 3. The lowest BCUT2D eigenvalue weighted by atomic mass is 10.2. The molecule has 188 valence electrons. The summed E-state index contributed by atoms with van der Waals surface area (Å²) in [6, 6.07) is 9.05. The van der Waals surface area contributed by atoms with Crippen molar-refractivity contribution in [3.05, 3.63) is 36.4 Å². The highest BCUT2D eigenvalue weighted by atomic mass is 32.2. The lowest BCUT2D eigenvalue weighted by Gasteiger charge is -2.20. The van der Waals surface area contributed by atoms with Gasteiger partial charge in [0.05, 0.1) is 21.9 Å². The number of aromatic nitrogens is 1. The summed E-state index contributed by atoms with van der Waals surface area (Å²) in [5.41, 5.74) is 1.96. The molecule has 0 unspecified atom stereocenters. The van der Waals surface area contributed by atoms with Gasteiger partial charge < -0.3 is 10.2 Å². The van der Waals surface area contributed by atoms with Gasteiger partial charge in [0.1, 0.15) is 5.69 Å². The van der Waals surface area contributed by atoms with Crippen LogP contribution in [0.5, 0.6) is 0 Å². The average molecular weight is 542 g/mol. The van der Waals surface area contributed by atoms with Crippen LogP contribution in [0.2, 0.25) is 0 Å². The fourth-order valence-corrected chi connectivity index (χ4v) is 4.90. The summed E-state index contributed by atoms with van der Waals surface area (Å²) < 4.78 is 66.9. The van der Waals surface area contributed by atoms with Crippen LogP contribution in [0.1, 0.15) is 19.8 Å². The van der Waals surface area contributed by atoms with E-state index in [0.717, 1.165) is 17.2 Å². The largest absolute Gasteiger partial charge is 0.375 e. The van der Waals surface area contributed by atoms with Crippen molar-refractivity contribution in [1.82, 2.24) is 4.37 Å². The molecule has 0 aliphatic carbocycles. The van der Waals surface area contributed by atoms with E-state index < -0.39 is 20.2 Å². The van der Waals surface area contributed by atoms with Crippen LogP contribution < -0.4 is 10.2 Å². The molecule has 3 N–H and O–H groups in total. The predicted octanol–water partition coefficient (Wildman–Crippen LogP) is 4.02. The zero-order valence-electron chi connectivity index (χ0n) is 18.7. The standard InChI is InChI=1S/C20H23N5O7S3/c1-13(26)21-19-11-14(25(2)9-3-4-10-34(27,28)29)5-7-18(19)22-23-20-16-12-15(35(30,31)32)6-8-17(16)24-33-20/h5-8,11-12H,3-4,9-10H2,1-2H3,(H,21,26)(H,27,28,29)(H,30,31,32). The number of unbranched alkanes of at least 4 members (excludes halogenated alkanes) is 1. The second kappa shape index (κ2) is 10.7. The summed E-state index contributed by atoms with van der Waals surface area (Å²) in [5, 5.41) is 11.8. The van der Waals surface area contributed by atoms with Crippen LogP contribution in [0.25, 0.3) is 10.9 Å². The molecule has 2 aromatic carbocycles. The fraction of sp³-hybridized carbons (Fsp3) is 0.300. The summed E-state index contributed by atoms with van der Waals surface area (Å²) in [7, 11) is -6.59. The Kier molecular flexibility index (Phi) is 8.17. The molecular formula is C20H23N5O7S3. The first-order chi connectivity index (χ1) is 16.3. The smallest absolute Gasteiger partial charge is 0.294 e. The minimum atomic E-state index is -4.39. The van der Waals surface area contributed by atoms with Crippen molar-refractivity contribution in [2.24, 2.45) is 10.2 Å². The SMILES string of the molecule is CC(=O)Nc1cc(N(C)CCCCS(=O)(=O)O)ccc1N=Nc1snc2ccc(S(=O)(=O)O)cc12. The monoisotopic (exact) mass is 541 g/mol. The van der Waals surface area contributed by atoms with Gasteiger partial charge in [-0.25, -0.2) is 0 Å². The highest BCUT2D eigenvalue weighted by Gasteiger charge is 2.14. The van der Waals surface area contributed by atoms with E-state index in [4.69, 9.17) is 4.55 Å². The Morgan fingerprint density at radius 2 is 1.83 bits per heavy atom. The zero-order valence-corrected chi connectivity index (χ0v) is 21.2. The number of benzene rings is 2. The highest BCUT2D eigenvalue weighted by molar-refractivity contribution is 7.86. The molecule has 0 radical (unpaired) electrons. The van der Waals surface area contributed by atoms with Crippen molar-refractivity contribution in [2.75, 3.05) is 29.6 Å². The van der Waals surface area contributed by atoms with Crippen LogP contribution in [0.3, 0.4) is 0 Å². The molecule has 0 saturated carbocycles. The fourth-order valence-electron chi connectivity index (χ4n) is 3.14. The third-order valence-corrected chi connectivity index (χ3v) is 7.27. The van der Waals surface area contributed by atoms with Crippen molar-refractivity contribution in [3.8, 4) is 0 Å². The molecule has 35 heavy (non-hydrogen) atoms. The first kappa shape index (κ1) is 26.6. The number of amides is 1. The van der Waals surface area contributed by atoms with Crippen LogP contribution >= 0.6 is 11.5 Å². The Morgan fingerprint density at radius 1 is 1.09 bits per heavy atom. The van der Waals surface area contributed by atoms with E-state index in [0.29, 0.717) is 46.7 Å². The maximum absolute atomic E-state index is 11.7. The van der Waals surface area contributed by atoms with Crippen LogP contribution in [0, 0.1) is 0 Å². The summed E-state index contributed by atoms with van der Waals surface area (Å²) in [4.78, 5) is 13.3. The van der Waals surface area contributed by atoms with Crippen LogP contribution in [-0.4, -0.2) is 55.6 Å². The Morgan fingerprint density at radius 3 is 2.49 bits per heavy atom. The summed E-state index contributed by atoms with van der Waals surface area (Å²) in [6.07, 6.45) is 0.827. The molecule has 1 heterocycles. The molecule has 0 aliphatic rings. The first-order valence-electron chi connectivity index (χ1n) is 10.2. The van der Waals surface area contributed by atoms with E-state index in [1.807, 2.05) is 4.90 Å². The van der Waals surface area contributed by atoms with Gasteiger partial charge in [-0.1, -0.05) is 0 Å². The number of carbonyl (C=O) groups excluding carboxylic acids is 1. The Balaban J connectivity index is 1.84. The van der Waals surface area contributed by atoms with E-state index in [2.05, 4.69) is 19.9 Å². The maximum Gasteiger partial charge on any atom is 0.294 e. The van der Waals surface area contributed by atoms with Crippen molar-refractivity contribution in [2.45, 2.75) is 24.7 Å². The maximum atomic E-state index is 11.7. The molecule has 15 heteroatoms. The average Bonchev–Trinajstić information content (AvgIpc) is 3.16. The van der Waals surface area contributed by atoms with Crippen molar-refractivity contribution >= 4 is 70.6 Å². The molecule has 0 spiro atoms. The van der Waals surface area contributed by atoms with Gasteiger partial charge in [-0.3, -0.25) is 13.9 Å². The first-order valence-corrected chi connectivity index (χ1v) is 14.0. The molecule has 0 fully saturated rings. The Hall–Kier alpha value is -2.98. The van der Waals surface area contributed by atoms with Crippen LogP contribution in [0.4, 0.5) is 22.1 Å². The number of nitrogens with one attached hydrogen (secondary N) is 1. The van der Waals surface area contributed by atoms with E-state index in [-0.39, 0.29) is 16.6 Å². The molecule has 0 atom stereocenters. The molecule has 1 amide bonds.